The topological polar surface area (TPSA) is 190 Å². The molecule has 4 fully saturated rings. The summed E-state index contributed by atoms with van der Waals surface area (Å²) >= 11 is 6.61. The fraction of sp³-hybridized carbons (Fsp3) is 0.511. The zero-order valence-electron chi connectivity index (χ0n) is 37.2. The predicted octanol–water partition coefficient (Wildman–Crippen LogP) is 5.06. The van der Waals surface area contributed by atoms with E-state index < -0.39 is 11.9 Å². The van der Waals surface area contributed by atoms with Crippen LogP contribution in [0, 0.1) is 0 Å². The van der Waals surface area contributed by atoms with Crippen molar-refractivity contribution in [3.63, 3.8) is 0 Å². The van der Waals surface area contributed by atoms with Gasteiger partial charge in [-0.15, -0.1) is 0 Å². The van der Waals surface area contributed by atoms with Crippen LogP contribution in [0.3, 0.4) is 0 Å². The number of halogens is 1. The summed E-state index contributed by atoms with van der Waals surface area (Å²) in [7, 11) is 3.16. The highest BCUT2D eigenvalue weighted by Gasteiger charge is 2.41. The molecular weight excluding hydrogens is 854 g/mol. The molecule has 0 radical (unpaired) electrons. The van der Waals surface area contributed by atoms with Crippen molar-refractivity contribution in [1.82, 2.24) is 35.0 Å². The number of piperidine rings is 3. The van der Waals surface area contributed by atoms with Crippen LogP contribution in [0.2, 0.25) is 5.02 Å². The number of carbonyl (C=O) groups excluding carboxylic acids is 4. The fourth-order valence-corrected chi connectivity index (χ4v) is 10.2. The van der Waals surface area contributed by atoms with Crippen molar-refractivity contribution in [3.8, 4) is 11.5 Å². The molecule has 4 aromatic rings. The average molecular weight is 910 g/mol. The second-order valence-corrected chi connectivity index (χ2v) is 18.4. The second kappa shape index (κ2) is 18.6. The first-order valence-electron chi connectivity index (χ1n) is 22.7. The molecular formula is C47H56ClN9O8. The van der Waals surface area contributed by atoms with Crippen molar-refractivity contribution in [2.24, 2.45) is 0 Å². The Balaban J connectivity index is 0.752. The molecule has 3 saturated heterocycles. The highest BCUT2D eigenvalue weighted by atomic mass is 35.5. The Morgan fingerprint density at radius 3 is 2.43 bits per heavy atom. The number of likely N-dealkylation sites (N-methyl/N-ethyl adjacent to an activating group) is 1. The minimum atomic E-state index is -0.642. The molecule has 18 heteroatoms. The third kappa shape index (κ3) is 9.10. The molecule has 1 unspecified atom stereocenters. The number of likely N-dealkylation sites (tertiary alicyclic amines) is 1. The summed E-state index contributed by atoms with van der Waals surface area (Å²) in [4.78, 5) is 78.5. The van der Waals surface area contributed by atoms with Gasteiger partial charge in [0.25, 0.3) is 17.4 Å². The standard InChI is InChI=1S/C47H56ClN9O8/c1-26(2)57-37-6-5-30(17-28(37)19-40(46(57)62)64-25-42(59)49-3)51-43-36(48)23-50-47(53-43)55-15-11-32(12-16-55)65-33-20-31(21-33)54-13-9-27(10-14-54)34-18-29-24-56(38-7-8-41(58)52-44(38)60)45(61)35(29)22-39(34)63-4/h5-6,17-19,22-23,26-27,31-33,38H,7-16,20-21,24-25H2,1-4H3,(H,49,59)(H,50,51,53)(H,52,58,60). The van der Waals surface area contributed by atoms with E-state index in [0.29, 0.717) is 58.7 Å². The number of ether oxygens (including phenoxy) is 3. The smallest absolute Gasteiger partial charge is 0.293 e. The Kier molecular flexibility index (Phi) is 12.7. The van der Waals surface area contributed by atoms with Crippen molar-refractivity contribution in [2.75, 3.05) is 57.2 Å². The second-order valence-electron chi connectivity index (χ2n) is 18.0. The van der Waals surface area contributed by atoms with Gasteiger partial charge in [-0.25, -0.2) is 4.98 Å². The molecule has 0 spiro atoms. The van der Waals surface area contributed by atoms with E-state index in [1.165, 1.54) is 7.05 Å². The Morgan fingerprint density at radius 2 is 1.72 bits per heavy atom. The van der Waals surface area contributed by atoms with Gasteiger partial charge in [-0.05, 0) is 125 Å². The van der Waals surface area contributed by atoms with E-state index in [2.05, 4.69) is 36.8 Å². The van der Waals surface area contributed by atoms with Crippen LogP contribution in [0.5, 0.6) is 11.5 Å². The number of fused-ring (bicyclic) bond motifs is 2. The van der Waals surface area contributed by atoms with E-state index >= 15 is 0 Å². The molecule has 6 heterocycles. The zero-order chi connectivity index (χ0) is 45.5. The van der Waals surface area contributed by atoms with Gasteiger partial charge in [-0.1, -0.05) is 11.6 Å². The van der Waals surface area contributed by atoms with Gasteiger partial charge in [-0.3, -0.25) is 29.3 Å². The monoisotopic (exact) mass is 909 g/mol. The van der Waals surface area contributed by atoms with E-state index in [9.17, 15) is 24.0 Å². The summed E-state index contributed by atoms with van der Waals surface area (Å²) in [6, 6.07) is 11.0. The fourth-order valence-electron chi connectivity index (χ4n) is 10.1. The van der Waals surface area contributed by atoms with Gasteiger partial charge < -0.3 is 44.1 Å². The lowest BCUT2D eigenvalue weighted by Gasteiger charge is -2.47. The van der Waals surface area contributed by atoms with Gasteiger partial charge in [0.05, 0.1) is 31.0 Å². The predicted molar refractivity (Wildman–Crippen MR) is 244 cm³/mol. The Hall–Kier alpha value is -5.78. The number of hydrogen-bond donors (Lipinski definition) is 3. The summed E-state index contributed by atoms with van der Waals surface area (Å²) in [6.07, 6.45) is 8.36. The number of carbonyl (C=O) groups is 4. The molecule has 4 aliphatic heterocycles. The number of aromatic nitrogens is 3. The first-order chi connectivity index (χ1) is 31.4. The number of benzene rings is 2. The Morgan fingerprint density at radius 1 is 0.954 bits per heavy atom. The van der Waals surface area contributed by atoms with E-state index in [1.54, 1.807) is 28.8 Å². The molecule has 2 aromatic carbocycles. The number of anilines is 3. The molecule has 5 aliphatic rings. The van der Waals surface area contributed by atoms with Crippen LogP contribution in [-0.4, -0.2) is 119 Å². The van der Waals surface area contributed by atoms with Crippen molar-refractivity contribution < 1.29 is 33.4 Å². The van der Waals surface area contributed by atoms with Gasteiger partial charge in [0, 0.05) is 61.8 Å². The van der Waals surface area contributed by atoms with Crippen LogP contribution >= 0.6 is 11.6 Å². The maximum Gasteiger partial charge on any atom is 0.293 e. The SMILES string of the molecule is CNC(=O)COc1cc2cc(Nc3nc(N4CCC(OC5CC(N6CCC(c7cc8c(cc7OC)C(=O)N(C7CCC(=O)NC7=O)C8)CC6)C5)CC4)ncc3Cl)ccc2n(C(C)C)c1=O. The lowest BCUT2D eigenvalue weighted by atomic mass is 9.82. The maximum absolute atomic E-state index is 13.4. The minimum Gasteiger partial charge on any atom is -0.496 e. The molecule has 344 valence electrons. The van der Waals surface area contributed by atoms with Crippen molar-refractivity contribution in [1.29, 1.82) is 0 Å². The largest absolute Gasteiger partial charge is 0.496 e. The molecule has 17 nitrogen and oxygen atoms in total. The number of hydrogen-bond acceptors (Lipinski definition) is 13. The zero-order valence-corrected chi connectivity index (χ0v) is 38.0. The van der Waals surface area contributed by atoms with Crippen LogP contribution in [0.25, 0.3) is 10.9 Å². The summed E-state index contributed by atoms with van der Waals surface area (Å²) in [5.41, 5.74) is 3.74. The van der Waals surface area contributed by atoms with Gasteiger partial charge in [0.2, 0.25) is 17.8 Å². The number of pyridine rings is 1. The summed E-state index contributed by atoms with van der Waals surface area (Å²) in [5.74, 6) is 0.943. The van der Waals surface area contributed by atoms with Gasteiger partial charge in [0.15, 0.2) is 18.2 Å². The third-order valence-electron chi connectivity index (χ3n) is 13.7. The molecule has 1 atom stereocenters. The van der Waals surface area contributed by atoms with Crippen LogP contribution in [0.4, 0.5) is 17.5 Å². The van der Waals surface area contributed by atoms with Crippen LogP contribution in [-0.2, 0) is 25.7 Å². The van der Waals surface area contributed by atoms with Gasteiger partial charge in [-0.2, -0.15) is 4.98 Å². The van der Waals surface area contributed by atoms with Crippen LogP contribution in [0.1, 0.15) is 98.7 Å². The quantitative estimate of drug-likeness (QED) is 0.151. The highest BCUT2D eigenvalue weighted by Crippen LogP contribution is 2.41. The molecule has 9 rings (SSSR count). The first kappa shape index (κ1) is 44.4. The lowest BCUT2D eigenvalue weighted by Crippen LogP contribution is -2.52. The molecule has 3 N–H and O–H groups in total. The summed E-state index contributed by atoms with van der Waals surface area (Å²) in [5, 5.41) is 9.35. The lowest BCUT2D eigenvalue weighted by molar-refractivity contribution is -0.137. The number of imide groups is 1. The van der Waals surface area contributed by atoms with Crippen molar-refractivity contribution in [3.05, 3.63) is 74.7 Å². The van der Waals surface area contributed by atoms with Crippen LogP contribution in [0.15, 0.2) is 47.4 Å². The van der Waals surface area contributed by atoms with Crippen LogP contribution < -0.4 is 35.9 Å². The number of rotatable bonds is 13. The molecule has 1 saturated carbocycles. The van der Waals surface area contributed by atoms with Crippen molar-refractivity contribution >= 4 is 63.6 Å². The normalized spacial score (nSPS) is 21.9. The molecule has 2 aromatic heterocycles. The third-order valence-corrected chi connectivity index (χ3v) is 14.0. The van der Waals surface area contributed by atoms with Gasteiger partial charge >= 0.3 is 0 Å². The summed E-state index contributed by atoms with van der Waals surface area (Å²) in [6.45, 7) is 7.42. The van der Waals surface area contributed by atoms with Crippen molar-refractivity contribution in [2.45, 2.75) is 108 Å². The number of nitrogens with zero attached hydrogens (tertiary/aromatic N) is 6. The molecule has 4 amide bonds. The summed E-state index contributed by atoms with van der Waals surface area (Å²) < 4.78 is 19.7. The van der Waals surface area contributed by atoms with E-state index in [0.717, 1.165) is 86.7 Å². The van der Waals surface area contributed by atoms with E-state index in [1.807, 2.05) is 38.1 Å². The molecule has 1 aliphatic carbocycles. The maximum atomic E-state index is 13.4. The first-order valence-corrected chi connectivity index (χ1v) is 23.1. The number of amides is 4. The number of nitrogens with one attached hydrogen (secondary N) is 3. The minimum absolute atomic E-state index is 0.0924. The molecule has 0 bridgehead atoms. The van der Waals surface area contributed by atoms with E-state index in [-0.39, 0.29) is 60.3 Å². The number of methoxy groups -OCH3 is 1. The average Bonchev–Trinajstić information content (AvgIpc) is 3.61. The molecule has 65 heavy (non-hydrogen) atoms. The van der Waals surface area contributed by atoms with E-state index in [4.69, 9.17) is 30.8 Å². The Bertz CT molecular complexity index is 2560. The highest BCUT2D eigenvalue weighted by molar-refractivity contribution is 6.33. The Labute approximate surface area is 382 Å². The van der Waals surface area contributed by atoms with Gasteiger partial charge in [0.1, 0.15) is 16.8 Å².